The van der Waals surface area contributed by atoms with Crippen LogP contribution in [0.4, 0.5) is 0 Å². The number of aromatic nitrogens is 1. The van der Waals surface area contributed by atoms with Gasteiger partial charge in [-0.15, -0.1) is 0 Å². The Morgan fingerprint density at radius 1 is 1.23 bits per heavy atom. The lowest BCUT2D eigenvalue weighted by molar-refractivity contribution is -0.122. The van der Waals surface area contributed by atoms with Crippen molar-refractivity contribution in [3.05, 3.63) is 65.0 Å². The summed E-state index contributed by atoms with van der Waals surface area (Å²) in [5.41, 5.74) is 4.86. The molecule has 0 saturated carbocycles. The number of carbonyl (C=O) groups excluding carboxylic acids is 1. The van der Waals surface area contributed by atoms with Crippen LogP contribution >= 0.6 is 0 Å². The molecule has 26 heavy (non-hydrogen) atoms. The number of rotatable bonds is 6. The van der Waals surface area contributed by atoms with Gasteiger partial charge in [-0.05, 0) is 67.3 Å². The molecule has 1 saturated heterocycles. The van der Waals surface area contributed by atoms with E-state index in [0.29, 0.717) is 12.3 Å². The topological polar surface area (TPSA) is 51.2 Å². The van der Waals surface area contributed by atoms with Crippen molar-refractivity contribution >= 4 is 5.91 Å². The van der Waals surface area contributed by atoms with Crippen LogP contribution in [-0.2, 0) is 16.0 Å². The van der Waals surface area contributed by atoms with Crippen molar-refractivity contribution in [3.8, 4) is 0 Å². The molecule has 1 N–H and O–H groups in total. The first-order chi connectivity index (χ1) is 12.6. The van der Waals surface area contributed by atoms with E-state index in [1.54, 1.807) is 6.20 Å². The van der Waals surface area contributed by atoms with Crippen molar-refractivity contribution < 1.29 is 9.53 Å². The summed E-state index contributed by atoms with van der Waals surface area (Å²) in [6.07, 6.45) is 6.84. The SMILES string of the molecule is Cc1ccc(CCC(=O)NC(c2cccnc2)C2CCOCC2)cc1C. The predicted octanol–water partition coefficient (Wildman–Crippen LogP) is 3.92. The summed E-state index contributed by atoms with van der Waals surface area (Å²) in [7, 11) is 0. The third-order valence-electron chi connectivity index (χ3n) is 5.31. The number of hydrogen-bond donors (Lipinski definition) is 1. The monoisotopic (exact) mass is 352 g/mol. The van der Waals surface area contributed by atoms with Crippen molar-refractivity contribution in [3.63, 3.8) is 0 Å². The maximum Gasteiger partial charge on any atom is 0.220 e. The fourth-order valence-corrected chi connectivity index (χ4v) is 3.54. The van der Waals surface area contributed by atoms with E-state index in [1.807, 2.05) is 12.3 Å². The van der Waals surface area contributed by atoms with Gasteiger partial charge in [-0.3, -0.25) is 9.78 Å². The molecule has 1 unspecified atom stereocenters. The lowest BCUT2D eigenvalue weighted by Crippen LogP contribution is -2.36. The van der Waals surface area contributed by atoms with Crippen LogP contribution in [0.3, 0.4) is 0 Å². The number of nitrogens with zero attached hydrogens (tertiary/aromatic N) is 1. The predicted molar refractivity (Wildman–Crippen MR) is 103 cm³/mol. The molecule has 1 aliphatic heterocycles. The van der Waals surface area contributed by atoms with Gasteiger partial charge in [-0.25, -0.2) is 0 Å². The summed E-state index contributed by atoms with van der Waals surface area (Å²) < 4.78 is 5.49. The van der Waals surface area contributed by atoms with Crippen molar-refractivity contribution in [1.82, 2.24) is 10.3 Å². The highest BCUT2D eigenvalue weighted by molar-refractivity contribution is 5.76. The maximum atomic E-state index is 12.6. The van der Waals surface area contributed by atoms with Gasteiger partial charge in [0.1, 0.15) is 0 Å². The molecule has 1 atom stereocenters. The standard InChI is InChI=1S/C22H28N2O2/c1-16-5-6-18(14-17(16)2)7-8-21(25)24-22(19-9-12-26-13-10-19)20-4-3-11-23-15-20/h3-6,11,14-15,19,22H,7-10,12-13H2,1-2H3,(H,24,25). The smallest absolute Gasteiger partial charge is 0.220 e. The summed E-state index contributed by atoms with van der Waals surface area (Å²) >= 11 is 0. The zero-order chi connectivity index (χ0) is 18.4. The van der Waals surface area contributed by atoms with Crippen molar-refractivity contribution in [2.75, 3.05) is 13.2 Å². The van der Waals surface area contributed by atoms with Crippen LogP contribution < -0.4 is 5.32 Å². The lowest BCUT2D eigenvalue weighted by Gasteiger charge is -2.31. The molecule has 1 amide bonds. The van der Waals surface area contributed by atoms with E-state index in [0.717, 1.165) is 38.0 Å². The van der Waals surface area contributed by atoms with Gasteiger partial charge in [-0.1, -0.05) is 24.3 Å². The second-order valence-corrected chi connectivity index (χ2v) is 7.20. The van der Waals surface area contributed by atoms with Crippen LogP contribution in [0.5, 0.6) is 0 Å². The number of ether oxygens (including phenoxy) is 1. The first-order valence-electron chi connectivity index (χ1n) is 9.46. The van der Waals surface area contributed by atoms with Gasteiger partial charge >= 0.3 is 0 Å². The molecule has 0 spiro atoms. The van der Waals surface area contributed by atoms with E-state index in [2.05, 4.69) is 48.4 Å². The Balaban J connectivity index is 1.63. The van der Waals surface area contributed by atoms with E-state index in [1.165, 1.54) is 16.7 Å². The third-order valence-corrected chi connectivity index (χ3v) is 5.31. The van der Waals surface area contributed by atoms with Crippen molar-refractivity contribution in [1.29, 1.82) is 0 Å². The summed E-state index contributed by atoms with van der Waals surface area (Å²) in [5, 5.41) is 3.26. The van der Waals surface area contributed by atoms with Crippen LogP contribution in [-0.4, -0.2) is 24.1 Å². The molecule has 4 heteroatoms. The Bertz CT molecular complexity index is 724. The Morgan fingerprint density at radius 2 is 2.04 bits per heavy atom. The van der Waals surface area contributed by atoms with E-state index in [9.17, 15) is 4.79 Å². The molecule has 3 rings (SSSR count). The summed E-state index contributed by atoms with van der Waals surface area (Å²) in [6, 6.07) is 10.4. The highest BCUT2D eigenvalue weighted by atomic mass is 16.5. The molecule has 0 bridgehead atoms. The number of pyridine rings is 1. The minimum absolute atomic E-state index is 0.0138. The highest BCUT2D eigenvalue weighted by Gasteiger charge is 2.27. The average molecular weight is 352 g/mol. The molecule has 1 aliphatic rings. The Labute approximate surface area is 156 Å². The largest absolute Gasteiger partial charge is 0.381 e. The van der Waals surface area contributed by atoms with E-state index in [-0.39, 0.29) is 11.9 Å². The van der Waals surface area contributed by atoms with Gasteiger partial charge < -0.3 is 10.1 Å². The summed E-state index contributed by atoms with van der Waals surface area (Å²) in [6.45, 7) is 5.75. The van der Waals surface area contributed by atoms with Crippen LogP contribution in [0.25, 0.3) is 0 Å². The number of nitrogens with one attached hydrogen (secondary N) is 1. The summed E-state index contributed by atoms with van der Waals surface area (Å²) in [5.74, 6) is 0.502. The first-order valence-corrected chi connectivity index (χ1v) is 9.46. The Hall–Kier alpha value is -2.20. The molecule has 0 radical (unpaired) electrons. The van der Waals surface area contributed by atoms with Crippen LogP contribution in [0, 0.1) is 19.8 Å². The van der Waals surface area contributed by atoms with Crippen LogP contribution in [0.2, 0.25) is 0 Å². The van der Waals surface area contributed by atoms with Gasteiger partial charge in [0.2, 0.25) is 5.91 Å². The number of hydrogen-bond acceptors (Lipinski definition) is 3. The number of benzene rings is 1. The second-order valence-electron chi connectivity index (χ2n) is 7.20. The van der Waals surface area contributed by atoms with E-state index >= 15 is 0 Å². The number of carbonyl (C=O) groups is 1. The lowest BCUT2D eigenvalue weighted by atomic mass is 9.87. The zero-order valence-corrected chi connectivity index (χ0v) is 15.7. The Morgan fingerprint density at radius 3 is 2.73 bits per heavy atom. The van der Waals surface area contributed by atoms with Gasteiger partial charge in [0.15, 0.2) is 0 Å². The molecule has 1 aromatic carbocycles. The number of aryl methyl sites for hydroxylation is 3. The molecule has 1 fully saturated rings. The van der Waals surface area contributed by atoms with Crippen molar-refractivity contribution in [2.45, 2.75) is 45.6 Å². The Kier molecular flexibility index (Phi) is 6.40. The molecule has 2 heterocycles. The normalized spacial score (nSPS) is 16.2. The zero-order valence-electron chi connectivity index (χ0n) is 15.7. The maximum absolute atomic E-state index is 12.6. The van der Waals surface area contributed by atoms with E-state index in [4.69, 9.17) is 4.74 Å². The molecule has 0 aliphatic carbocycles. The van der Waals surface area contributed by atoms with E-state index < -0.39 is 0 Å². The molecule has 138 valence electrons. The van der Waals surface area contributed by atoms with Crippen molar-refractivity contribution in [2.24, 2.45) is 5.92 Å². The third kappa shape index (κ3) is 4.92. The summed E-state index contributed by atoms with van der Waals surface area (Å²) in [4.78, 5) is 16.9. The van der Waals surface area contributed by atoms with Crippen LogP contribution in [0.1, 0.15) is 47.6 Å². The minimum atomic E-state index is 0.0138. The fourth-order valence-electron chi connectivity index (χ4n) is 3.54. The van der Waals surface area contributed by atoms with Gasteiger partial charge in [0.25, 0.3) is 0 Å². The minimum Gasteiger partial charge on any atom is -0.381 e. The first kappa shape index (κ1) is 18.6. The average Bonchev–Trinajstić information content (AvgIpc) is 2.68. The fraction of sp³-hybridized carbons (Fsp3) is 0.455. The van der Waals surface area contributed by atoms with Gasteiger partial charge in [0, 0.05) is 32.0 Å². The number of amides is 1. The highest BCUT2D eigenvalue weighted by Crippen LogP contribution is 2.29. The molecular formula is C22H28N2O2. The second kappa shape index (κ2) is 8.95. The van der Waals surface area contributed by atoms with Gasteiger partial charge in [-0.2, -0.15) is 0 Å². The molecular weight excluding hydrogens is 324 g/mol. The molecule has 4 nitrogen and oxygen atoms in total. The molecule has 1 aromatic heterocycles. The van der Waals surface area contributed by atoms with Crippen LogP contribution in [0.15, 0.2) is 42.7 Å². The quantitative estimate of drug-likeness (QED) is 0.857. The molecule has 2 aromatic rings. The van der Waals surface area contributed by atoms with Gasteiger partial charge in [0.05, 0.1) is 6.04 Å².